The quantitative estimate of drug-likeness (QED) is 0.880. The number of para-hydroxylation sites is 1. The van der Waals surface area contributed by atoms with Gasteiger partial charge in [-0.05, 0) is 17.5 Å². The second kappa shape index (κ2) is 3.69. The topological polar surface area (TPSA) is 48.1 Å². The molecule has 3 nitrogen and oxygen atoms in total. The van der Waals surface area contributed by atoms with Crippen molar-refractivity contribution in [2.24, 2.45) is 11.1 Å². The molecule has 3 heteroatoms. The van der Waals surface area contributed by atoms with Crippen LogP contribution in [0.2, 0.25) is 0 Å². The zero-order valence-electron chi connectivity index (χ0n) is 11.0. The van der Waals surface area contributed by atoms with Gasteiger partial charge in [0.1, 0.15) is 0 Å². The van der Waals surface area contributed by atoms with E-state index in [9.17, 15) is 0 Å². The average molecular weight is 242 g/mol. The molecule has 0 unspecified atom stereocenters. The molecule has 1 saturated carbocycles. The molecule has 1 heterocycles. The Morgan fingerprint density at radius 3 is 2.56 bits per heavy atom. The summed E-state index contributed by atoms with van der Waals surface area (Å²) in [5, 5.41) is 1.14. The number of methoxy groups -OCH3 is 1. The van der Waals surface area contributed by atoms with Gasteiger partial charge in [-0.1, -0.05) is 32.0 Å². The number of hydrogen-bond acceptors (Lipinski definition) is 3. The van der Waals surface area contributed by atoms with Crippen molar-refractivity contribution < 1.29 is 4.74 Å². The highest BCUT2D eigenvalue weighted by molar-refractivity contribution is 5.80. The smallest absolute Gasteiger partial charge is 0.217 e. The third-order valence-corrected chi connectivity index (χ3v) is 4.16. The SMILES string of the molecule is COc1nc2ccccc2cc1[C@H]1[C@H](N)C1(C)C. The number of rotatable bonds is 2. The number of pyridine rings is 1. The number of nitrogens with zero attached hydrogens (tertiary/aromatic N) is 1. The Hall–Kier alpha value is -1.61. The molecular formula is C15H18N2O. The summed E-state index contributed by atoms with van der Waals surface area (Å²) >= 11 is 0. The highest BCUT2D eigenvalue weighted by Gasteiger charge is 2.57. The second-order valence-electron chi connectivity index (χ2n) is 5.60. The summed E-state index contributed by atoms with van der Waals surface area (Å²) in [6, 6.07) is 10.4. The van der Waals surface area contributed by atoms with Gasteiger partial charge in [0.25, 0.3) is 0 Å². The summed E-state index contributed by atoms with van der Waals surface area (Å²) in [6.45, 7) is 4.38. The normalized spacial score (nSPS) is 25.1. The monoisotopic (exact) mass is 242 g/mol. The van der Waals surface area contributed by atoms with E-state index < -0.39 is 0 Å². The molecular weight excluding hydrogens is 224 g/mol. The van der Waals surface area contributed by atoms with E-state index in [0.717, 1.165) is 16.5 Å². The lowest BCUT2D eigenvalue weighted by molar-refractivity contribution is 0.392. The predicted molar refractivity (Wildman–Crippen MR) is 72.8 cm³/mol. The van der Waals surface area contributed by atoms with E-state index in [1.807, 2.05) is 18.2 Å². The van der Waals surface area contributed by atoms with Gasteiger partial charge in [0.2, 0.25) is 5.88 Å². The lowest BCUT2D eigenvalue weighted by atomic mass is 10.0. The van der Waals surface area contributed by atoms with E-state index in [2.05, 4.69) is 31.0 Å². The van der Waals surface area contributed by atoms with Crippen molar-refractivity contribution in [1.82, 2.24) is 4.98 Å². The molecule has 0 bridgehead atoms. The molecule has 1 aliphatic rings. The van der Waals surface area contributed by atoms with Crippen molar-refractivity contribution in [3.8, 4) is 5.88 Å². The van der Waals surface area contributed by atoms with Gasteiger partial charge in [-0.3, -0.25) is 0 Å². The molecule has 1 aromatic heterocycles. The highest BCUT2D eigenvalue weighted by Crippen LogP contribution is 2.59. The van der Waals surface area contributed by atoms with E-state index in [1.165, 1.54) is 0 Å². The van der Waals surface area contributed by atoms with Crippen LogP contribution in [0.5, 0.6) is 5.88 Å². The Bertz CT molecular complexity index is 606. The molecule has 2 N–H and O–H groups in total. The standard InChI is InChI=1S/C15H18N2O/c1-15(2)12(13(15)16)10-8-9-6-4-5-7-11(9)17-14(10)18-3/h4-8,12-13H,16H2,1-3H3/t12-,13-/m0/s1. The van der Waals surface area contributed by atoms with Gasteiger partial charge in [0.05, 0.1) is 12.6 Å². The Balaban J connectivity index is 2.17. The lowest BCUT2D eigenvalue weighted by Gasteiger charge is -2.10. The first-order valence-corrected chi connectivity index (χ1v) is 6.25. The first kappa shape index (κ1) is 11.5. The maximum absolute atomic E-state index is 6.16. The maximum atomic E-state index is 6.16. The van der Waals surface area contributed by atoms with Crippen LogP contribution >= 0.6 is 0 Å². The Kier molecular flexibility index (Phi) is 2.35. The van der Waals surface area contributed by atoms with Crippen LogP contribution in [0.1, 0.15) is 25.3 Å². The van der Waals surface area contributed by atoms with Crippen LogP contribution < -0.4 is 10.5 Å². The largest absolute Gasteiger partial charge is 0.481 e. The number of aromatic nitrogens is 1. The van der Waals surface area contributed by atoms with Crippen LogP contribution in [-0.4, -0.2) is 18.1 Å². The zero-order valence-corrected chi connectivity index (χ0v) is 11.0. The van der Waals surface area contributed by atoms with Gasteiger partial charge in [-0.25, -0.2) is 4.98 Å². The summed E-state index contributed by atoms with van der Waals surface area (Å²) in [6.07, 6.45) is 0. The fourth-order valence-electron chi connectivity index (χ4n) is 2.77. The molecule has 1 aromatic carbocycles. The molecule has 2 atom stereocenters. The minimum atomic E-state index is 0.136. The summed E-state index contributed by atoms with van der Waals surface area (Å²) in [7, 11) is 1.67. The summed E-state index contributed by atoms with van der Waals surface area (Å²) in [5.74, 6) is 1.05. The third kappa shape index (κ3) is 1.51. The van der Waals surface area contributed by atoms with Crippen molar-refractivity contribution in [3.05, 3.63) is 35.9 Å². The molecule has 0 saturated heterocycles. The van der Waals surface area contributed by atoms with Gasteiger partial charge in [-0.2, -0.15) is 0 Å². The average Bonchev–Trinajstić information content (AvgIpc) is 2.86. The predicted octanol–water partition coefficient (Wildman–Crippen LogP) is 2.69. The Labute approximate surface area is 107 Å². The van der Waals surface area contributed by atoms with Gasteiger partial charge in [0, 0.05) is 22.9 Å². The van der Waals surface area contributed by atoms with Gasteiger partial charge in [-0.15, -0.1) is 0 Å². The number of ether oxygens (including phenoxy) is 1. The molecule has 1 fully saturated rings. The van der Waals surface area contributed by atoms with Crippen molar-refractivity contribution >= 4 is 10.9 Å². The molecule has 2 aromatic rings. The second-order valence-corrected chi connectivity index (χ2v) is 5.60. The van der Waals surface area contributed by atoms with Crippen LogP contribution in [0.25, 0.3) is 10.9 Å². The number of benzene rings is 1. The number of nitrogens with two attached hydrogens (primary N) is 1. The zero-order chi connectivity index (χ0) is 12.9. The molecule has 0 aliphatic heterocycles. The molecule has 0 radical (unpaired) electrons. The van der Waals surface area contributed by atoms with E-state index >= 15 is 0 Å². The maximum Gasteiger partial charge on any atom is 0.217 e. The lowest BCUT2D eigenvalue weighted by Crippen LogP contribution is -2.06. The van der Waals surface area contributed by atoms with E-state index in [-0.39, 0.29) is 11.5 Å². The number of hydrogen-bond donors (Lipinski definition) is 1. The number of fused-ring (bicyclic) bond motifs is 1. The first-order valence-electron chi connectivity index (χ1n) is 6.25. The van der Waals surface area contributed by atoms with Crippen LogP contribution in [-0.2, 0) is 0 Å². The molecule has 1 aliphatic carbocycles. The van der Waals surface area contributed by atoms with Crippen molar-refractivity contribution in [1.29, 1.82) is 0 Å². The fraction of sp³-hybridized carbons (Fsp3) is 0.400. The summed E-state index contributed by atoms with van der Waals surface area (Å²) < 4.78 is 5.43. The molecule has 18 heavy (non-hydrogen) atoms. The molecule has 94 valence electrons. The van der Waals surface area contributed by atoms with Crippen molar-refractivity contribution in [2.45, 2.75) is 25.8 Å². The minimum absolute atomic E-state index is 0.136. The van der Waals surface area contributed by atoms with Gasteiger partial charge in [0.15, 0.2) is 0 Å². The van der Waals surface area contributed by atoms with Crippen molar-refractivity contribution in [2.75, 3.05) is 7.11 Å². The first-order chi connectivity index (χ1) is 8.55. The van der Waals surface area contributed by atoms with Gasteiger partial charge >= 0.3 is 0 Å². The van der Waals surface area contributed by atoms with Gasteiger partial charge < -0.3 is 10.5 Å². The third-order valence-electron chi connectivity index (χ3n) is 4.16. The molecule has 0 amide bonds. The van der Waals surface area contributed by atoms with Crippen LogP contribution in [0.4, 0.5) is 0 Å². The minimum Gasteiger partial charge on any atom is -0.481 e. The fourth-order valence-corrected chi connectivity index (χ4v) is 2.77. The Morgan fingerprint density at radius 2 is 1.94 bits per heavy atom. The highest BCUT2D eigenvalue weighted by atomic mass is 16.5. The molecule has 3 rings (SSSR count). The van der Waals surface area contributed by atoms with Crippen LogP contribution in [0.3, 0.4) is 0 Å². The van der Waals surface area contributed by atoms with E-state index in [1.54, 1.807) is 7.11 Å². The van der Waals surface area contributed by atoms with Crippen molar-refractivity contribution in [3.63, 3.8) is 0 Å². The van der Waals surface area contributed by atoms with Crippen LogP contribution in [0.15, 0.2) is 30.3 Å². The summed E-state index contributed by atoms with van der Waals surface area (Å²) in [5.41, 5.74) is 8.39. The molecule has 0 spiro atoms. The van der Waals surface area contributed by atoms with Crippen LogP contribution in [0, 0.1) is 5.41 Å². The summed E-state index contributed by atoms with van der Waals surface area (Å²) in [4.78, 5) is 4.58. The van der Waals surface area contributed by atoms with E-state index in [4.69, 9.17) is 10.5 Å². The Morgan fingerprint density at radius 1 is 1.28 bits per heavy atom. The van der Waals surface area contributed by atoms with E-state index in [0.29, 0.717) is 11.8 Å².